The second-order valence-electron chi connectivity index (χ2n) is 25.0. The van der Waals surface area contributed by atoms with Crippen molar-refractivity contribution in [1.29, 1.82) is 0 Å². The van der Waals surface area contributed by atoms with Crippen molar-refractivity contribution in [3.63, 3.8) is 0 Å². The number of nitrogens with zero attached hydrogens (tertiary/aromatic N) is 6. The topological polar surface area (TPSA) is 633 Å². The maximum atomic E-state index is 15.5. The largest absolute Gasteiger partial charge is 0.441 e. The van der Waals surface area contributed by atoms with Gasteiger partial charge in [-0.2, -0.15) is 0 Å². The predicted octanol–water partition coefficient (Wildman–Crippen LogP) is -6.53. The number of aromatic nitrogens is 6. The molecule has 562 valence electrons. The Morgan fingerprint density at radius 3 is 2.16 bits per heavy atom. The lowest BCUT2D eigenvalue weighted by molar-refractivity contribution is -0.372. The molecule has 2 saturated heterocycles. The number of amides is 7. The van der Waals surface area contributed by atoms with Gasteiger partial charge in [-0.1, -0.05) is 26.2 Å². The Bertz CT molecular complexity index is 3370. The Hall–Kier alpha value is -7.24. The van der Waals surface area contributed by atoms with Gasteiger partial charge in [0.25, 0.3) is 11.8 Å². The van der Waals surface area contributed by atoms with Crippen LogP contribution < -0.4 is 60.6 Å². The highest BCUT2D eigenvalue weighted by molar-refractivity contribution is 7.14. The van der Waals surface area contributed by atoms with Crippen molar-refractivity contribution in [3.8, 4) is 10.7 Å². The van der Waals surface area contributed by atoms with E-state index in [1.807, 2.05) is 0 Å². The molecule has 20 unspecified atom stereocenters. The number of aliphatic hydroxyl groups is 9. The number of ether oxygens (including phenoxy) is 5. The number of nitrogens with two attached hydrogens (primary N) is 5. The molecule has 7 amide bonds. The van der Waals surface area contributed by atoms with E-state index in [0.29, 0.717) is 28.3 Å². The molecule has 1 saturated carbocycles. The van der Waals surface area contributed by atoms with Crippen LogP contribution in [0.25, 0.3) is 10.7 Å². The molecule has 0 bridgehead atoms. The molecule has 4 aromatic heterocycles. The number of aliphatic hydroxyl groups excluding tert-OH is 9. The summed E-state index contributed by atoms with van der Waals surface area (Å²) in [5.41, 5.74) is 28.4. The summed E-state index contributed by atoms with van der Waals surface area (Å²) < 4.78 is 29.0. The minimum atomic E-state index is -2.19. The Balaban J connectivity index is 1.10. The van der Waals surface area contributed by atoms with Crippen LogP contribution in [0.2, 0.25) is 0 Å². The van der Waals surface area contributed by atoms with Gasteiger partial charge < -0.3 is 135 Å². The SMILES string of the molecule is Cc1c(N)nc(C(CC(N)=O)NCC(N)C(N)=O)nc1C(=O)N(C)C(C(=O)NC(C)C(O)C(C)C(O)NC(C(=O)NCCc1nc(-c2nc(C(=O)NCCCNC3CCCCC3)cs2)cs1)C(C)O)C(OC1OC(CO)C(O)C(O)C1OC1OC(CO)C(O)C(OC(N)=O)C1O)c1cnc[nH]1. The van der Waals surface area contributed by atoms with Crippen molar-refractivity contribution in [2.75, 3.05) is 52.2 Å². The van der Waals surface area contributed by atoms with Gasteiger partial charge in [-0.3, -0.25) is 34.1 Å². The van der Waals surface area contributed by atoms with Crippen LogP contribution in [0.1, 0.15) is 121 Å². The number of hydrogen-bond donors (Lipinski definition) is 21. The molecule has 4 aromatic rings. The Morgan fingerprint density at radius 2 is 1.51 bits per heavy atom. The summed E-state index contributed by atoms with van der Waals surface area (Å²) in [5.74, 6) is -7.21. The second-order valence-corrected chi connectivity index (χ2v) is 26.8. The van der Waals surface area contributed by atoms with Crippen LogP contribution in [0.15, 0.2) is 23.3 Å². The van der Waals surface area contributed by atoms with Crippen molar-refractivity contribution >= 4 is 70.0 Å². The number of H-pyrrole nitrogens is 1. The smallest absolute Gasteiger partial charge is 0.404 e. The number of primary amides is 3. The monoisotopic (exact) mass is 1470 g/mol. The van der Waals surface area contributed by atoms with Crippen molar-refractivity contribution in [2.45, 2.75) is 201 Å². The fraction of sp³-hybridized carbons (Fsp3) is 0.667. The Morgan fingerprint density at radius 1 is 0.822 bits per heavy atom. The molecule has 20 atom stereocenters. The summed E-state index contributed by atoms with van der Waals surface area (Å²) in [6, 6.07) is -7.08. The first-order valence-electron chi connectivity index (χ1n) is 32.7. The summed E-state index contributed by atoms with van der Waals surface area (Å²) >= 11 is 2.56. The second kappa shape index (κ2) is 37.8. The number of hydrogen-bond acceptors (Lipinski definition) is 33. The predicted molar refractivity (Wildman–Crippen MR) is 355 cm³/mol. The van der Waals surface area contributed by atoms with Crippen LogP contribution in [0.5, 0.6) is 0 Å². The number of carbonyl (C=O) groups excluding carboxylic acids is 7. The number of anilines is 1. The fourth-order valence-electron chi connectivity index (χ4n) is 11.6. The first kappa shape index (κ1) is 81.1. The van der Waals surface area contributed by atoms with Gasteiger partial charge in [-0.25, -0.2) is 29.7 Å². The third-order valence-electron chi connectivity index (χ3n) is 17.5. The van der Waals surface area contributed by atoms with Gasteiger partial charge >= 0.3 is 6.09 Å². The van der Waals surface area contributed by atoms with Crippen LogP contribution in [0, 0.1) is 12.8 Å². The third-order valence-corrected chi connectivity index (χ3v) is 19.3. The van der Waals surface area contributed by atoms with E-state index < -0.39 is 183 Å². The summed E-state index contributed by atoms with van der Waals surface area (Å²) in [6.45, 7) is 4.25. The van der Waals surface area contributed by atoms with Crippen LogP contribution in [-0.2, 0) is 49.3 Å². The minimum Gasteiger partial charge on any atom is -0.441 e. The van der Waals surface area contributed by atoms with E-state index >= 15 is 9.59 Å². The van der Waals surface area contributed by atoms with E-state index in [9.17, 15) is 69.9 Å². The van der Waals surface area contributed by atoms with Crippen LogP contribution in [-0.4, -0.2) is 279 Å². The number of likely N-dealkylation sites (N-methyl/N-ethyl adjacent to an activating group) is 1. The molecule has 6 heterocycles. The summed E-state index contributed by atoms with van der Waals surface area (Å²) in [5, 5.41) is 122. The number of aromatic amines is 1. The van der Waals surface area contributed by atoms with Crippen molar-refractivity contribution in [3.05, 3.63) is 56.8 Å². The van der Waals surface area contributed by atoms with E-state index in [4.69, 9.17) is 52.4 Å². The van der Waals surface area contributed by atoms with Crippen molar-refractivity contribution in [2.24, 2.45) is 28.9 Å². The van der Waals surface area contributed by atoms with Gasteiger partial charge in [0.2, 0.25) is 23.6 Å². The maximum absolute atomic E-state index is 15.5. The van der Waals surface area contributed by atoms with E-state index in [-0.39, 0.29) is 54.0 Å². The number of nitrogens with one attached hydrogen (secondary N) is 7. The molecule has 101 heavy (non-hydrogen) atoms. The van der Waals surface area contributed by atoms with Crippen molar-refractivity contribution in [1.82, 2.24) is 66.7 Å². The van der Waals surface area contributed by atoms with Gasteiger partial charge in [0.05, 0.1) is 66.8 Å². The zero-order valence-electron chi connectivity index (χ0n) is 56.1. The summed E-state index contributed by atoms with van der Waals surface area (Å²) in [7, 11) is 1.09. The lowest BCUT2D eigenvalue weighted by Crippen LogP contribution is -2.65. The molecular formula is C60H94N18O21S2. The number of nitrogen functional groups attached to an aromatic ring is 1. The van der Waals surface area contributed by atoms with Gasteiger partial charge in [0, 0.05) is 67.8 Å². The molecule has 0 spiro atoms. The van der Waals surface area contributed by atoms with Crippen LogP contribution in [0.4, 0.5) is 10.6 Å². The standard InChI is InChI=1S/C60H94N18O21S2/c1-24-38(75-51(77-49(24)63)30(16-36(62)82)70-17-29(61)50(64)88)57(93)78(5)40(46(31-18-66-23-71-31)97-59-48(44(86)42(84)34(19-79)96-59)98-58-45(87)47(99-60(65)94)43(85)35(20-80)95-58)55(92)72-26(3)41(83)25(2)52(89)76-39(27(4)81)54(91)69-15-12-37-73-33(22-100-37)56-74-32(21-101-56)53(90)68-14-9-13-67-28-10-7-6-8-11-28/h18,21-23,25-30,34-35,39-48,52,58-59,67,70,76,79-81,83-87,89H,6-17,19-20,61H2,1-5H3,(H2,62,82)(H2,64,88)(H2,65,94)(H,66,71)(H,68,90)(H,69,91)(H,72,92)(H2,63,75,77). The van der Waals surface area contributed by atoms with Gasteiger partial charge in [-0.05, 0) is 46.6 Å². The third kappa shape index (κ3) is 21.4. The first-order valence-corrected chi connectivity index (χ1v) is 34.5. The molecule has 3 aliphatic rings. The highest BCUT2D eigenvalue weighted by atomic mass is 32.1. The molecule has 2 aliphatic heterocycles. The first-order chi connectivity index (χ1) is 47.9. The quantitative estimate of drug-likeness (QED) is 0.0147. The van der Waals surface area contributed by atoms with E-state index in [1.165, 1.54) is 82.5 Å². The highest BCUT2D eigenvalue weighted by Crippen LogP contribution is 2.36. The van der Waals surface area contributed by atoms with E-state index in [2.05, 4.69) is 61.8 Å². The molecule has 1 aliphatic carbocycles. The molecule has 0 aromatic carbocycles. The zero-order valence-corrected chi connectivity index (χ0v) is 57.8. The van der Waals surface area contributed by atoms with E-state index in [0.717, 1.165) is 37.4 Å². The highest BCUT2D eigenvalue weighted by Gasteiger charge is 2.54. The molecule has 39 nitrogen and oxygen atoms in total. The number of imidazole rings is 1. The molecule has 7 rings (SSSR count). The minimum absolute atomic E-state index is 0.0238. The normalized spacial score (nSPS) is 24.9. The Kier molecular flexibility index (Phi) is 30.3. The van der Waals surface area contributed by atoms with Crippen molar-refractivity contribution < 1.29 is 103 Å². The molecule has 0 radical (unpaired) electrons. The summed E-state index contributed by atoms with van der Waals surface area (Å²) in [6.07, 6.45) is -19.7. The van der Waals surface area contributed by atoms with E-state index in [1.54, 1.807) is 10.8 Å². The number of rotatable bonds is 37. The zero-order chi connectivity index (χ0) is 74.1. The summed E-state index contributed by atoms with van der Waals surface area (Å²) in [4.78, 5) is 119. The lowest BCUT2D eigenvalue weighted by Gasteiger charge is -2.47. The average molecular weight is 1470 g/mol. The Labute approximate surface area is 587 Å². The number of thiazole rings is 2. The van der Waals surface area contributed by atoms with Gasteiger partial charge in [0.1, 0.15) is 101 Å². The molecule has 41 heteroatoms. The van der Waals surface area contributed by atoms with Crippen LogP contribution >= 0.6 is 22.7 Å². The maximum Gasteiger partial charge on any atom is 0.404 e. The molecule has 3 fully saturated rings. The molecule has 26 N–H and O–H groups in total. The fourth-order valence-corrected chi connectivity index (χ4v) is 13.2. The lowest BCUT2D eigenvalue weighted by atomic mass is 9.95. The van der Waals surface area contributed by atoms with Gasteiger partial charge in [0.15, 0.2) is 18.7 Å². The number of carbonyl (C=O) groups is 7. The van der Waals surface area contributed by atoms with Gasteiger partial charge in [-0.15, -0.1) is 22.7 Å². The molecular weight excluding hydrogens is 1370 g/mol. The average Bonchev–Trinajstić information content (AvgIpc) is 1.03. The van der Waals surface area contributed by atoms with Crippen LogP contribution in [0.3, 0.4) is 0 Å².